The number of carbonyl (C=O) groups is 1. The van der Waals surface area contributed by atoms with Crippen LogP contribution in [0.15, 0.2) is 53.6 Å². The molecule has 5 rings (SSSR count). The molecular weight excluding hydrogens is 659 g/mol. The van der Waals surface area contributed by atoms with E-state index in [0.717, 1.165) is 20.6 Å². The van der Waals surface area contributed by atoms with E-state index in [2.05, 4.69) is 15.2 Å². The third-order valence-corrected chi connectivity index (χ3v) is 7.31. The number of para-hydroxylation sites is 1. The zero-order chi connectivity index (χ0) is 32.7. The average molecular weight is 680 g/mol. The lowest BCUT2D eigenvalue weighted by Crippen LogP contribution is -2.51. The summed E-state index contributed by atoms with van der Waals surface area (Å²) in [5.74, 6) is -1.04. The van der Waals surface area contributed by atoms with E-state index >= 15 is 0 Å². The van der Waals surface area contributed by atoms with Crippen LogP contribution < -0.4 is 5.69 Å². The summed E-state index contributed by atoms with van der Waals surface area (Å²) in [6, 6.07) is 9.94. The van der Waals surface area contributed by atoms with Crippen molar-refractivity contribution in [3.63, 3.8) is 0 Å². The maximum Gasteiger partial charge on any atom is 0.416 e. The highest BCUT2D eigenvalue weighted by molar-refractivity contribution is 6.33. The molecular formula is C26H21Cl2F6N7O4. The Bertz CT molecular complexity index is 1750. The number of morpholine rings is 1. The van der Waals surface area contributed by atoms with Crippen molar-refractivity contribution in [1.29, 1.82) is 0 Å². The minimum absolute atomic E-state index is 0.00513. The van der Waals surface area contributed by atoms with Gasteiger partial charge in [-0.2, -0.15) is 26.3 Å². The summed E-state index contributed by atoms with van der Waals surface area (Å²) in [7, 11) is 0. The summed E-state index contributed by atoms with van der Waals surface area (Å²) in [6.07, 6.45) is -13.6. The minimum Gasteiger partial charge on any atom is -0.382 e. The van der Waals surface area contributed by atoms with Gasteiger partial charge >= 0.3 is 18.0 Å². The van der Waals surface area contributed by atoms with E-state index in [1.807, 2.05) is 0 Å². The first-order valence-electron chi connectivity index (χ1n) is 13.0. The van der Waals surface area contributed by atoms with E-state index < -0.39 is 55.8 Å². The molecule has 45 heavy (non-hydrogen) atoms. The summed E-state index contributed by atoms with van der Waals surface area (Å²) in [5.41, 5.74) is -0.877. The SMILES string of the molecule is O=C(c1cccc(Cl)c1-n1cnc(Cn2nc(-c3ccc(Cl)cc3)n(CC(O)C(F)(F)F)c2=O)n1)N1CCOC(C(F)(F)F)C1. The van der Waals surface area contributed by atoms with Gasteiger partial charge in [0.15, 0.2) is 23.9 Å². The van der Waals surface area contributed by atoms with E-state index in [-0.39, 0.29) is 46.6 Å². The molecule has 1 N–H and O–H groups in total. The number of amides is 1. The van der Waals surface area contributed by atoms with Gasteiger partial charge in [-0.3, -0.25) is 9.36 Å². The van der Waals surface area contributed by atoms with Gasteiger partial charge in [-0.15, -0.1) is 10.2 Å². The van der Waals surface area contributed by atoms with Gasteiger partial charge in [-0.25, -0.2) is 19.1 Å². The molecule has 19 heteroatoms. The summed E-state index contributed by atoms with van der Waals surface area (Å²) in [6.45, 7) is -2.78. The molecule has 4 aromatic rings. The van der Waals surface area contributed by atoms with Crippen molar-refractivity contribution in [3.8, 4) is 17.1 Å². The van der Waals surface area contributed by atoms with Gasteiger partial charge in [-0.05, 0) is 36.4 Å². The Morgan fingerprint density at radius 3 is 2.44 bits per heavy atom. The van der Waals surface area contributed by atoms with Crippen LogP contribution in [0, 0.1) is 0 Å². The number of alkyl halides is 6. The largest absolute Gasteiger partial charge is 0.416 e. The van der Waals surface area contributed by atoms with Gasteiger partial charge in [0.25, 0.3) is 5.91 Å². The third-order valence-electron chi connectivity index (χ3n) is 6.75. The number of rotatable bonds is 7. The van der Waals surface area contributed by atoms with Crippen LogP contribution in [-0.2, 0) is 17.8 Å². The predicted octanol–water partition coefficient (Wildman–Crippen LogP) is 3.97. The maximum absolute atomic E-state index is 13.3. The number of ether oxygens (including phenoxy) is 1. The third kappa shape index (κ3) is 7.00. The van der Waals surface area contributed by atoms with Gasteiger partial charge in [-0.1, -0.05) is 29.3 Å². The first-order valence-corrected chi connectivity index (χ1v) is 13.7. The van der Waals surface area contributed by atoms with E-state index in [1.54, 1.807) is 0 Å². The Hall–Kier alpha value is -3.93. The summed E-state index contributed by atoms with van der Waals surface area (Å²) >= 11 is 12.3. The molecule has 2 atom stereocenters. The fourth-order valence-corrected chi connectivity index (χ4v) is 4.92. The molecule has 1 amide bonds. The van der Waals surface area contributed by atoms with Gasteiger partial charge in [0.1, 0.15) is 12.9 Å². The van der Waals surface area contributed by atoms with Crippen LogP contribution in [0.2, 0.25) is 10.0 Å². The van der Waals surface area contributed by atoms with Crippen LogP contribution in [0.4, 0.5) is 26.3 Å². The van der Waals surface area contributed by atoms with E-state index in [4.69, 9.17) is 27.9 Å². The number of carbonyl (C=O) groups excluding carboxylic acids is 1. The molecule has 0 radical (unpaired) electrons. The highest BCUT2D eigenvalue weighted by atomic mass is 35.5. The van der Waals surface area contributed by atoms with Crippen LogP contribution in [-0.4, -0.2) is 89.3 Å². The molecule has 11 nitrogen and oxygen atoms in total. The van der Waals surface area contributed by atoms with Gasteiger partial charge in [0.2, 0.25) is 0 Å². The van der Waals surface area contributed by atoms with Crippen molar-refractivity contribution in [2.24, 2.45) is 0 Å². The highest BCUT2D eigenvalue weighted by Gasteiger charge is 2.44. The molecule has 2 aromatic heterocycles. The number of benzene rings is 2. The number of aromatic nitrogens is 6. The Balaban J connectivity index is 1.46. The lowest BCUT2D eigenvalue weighted by atomic mass is 10.1. The first kappa shape index (κ1) is 32.5. The molecule has 1 aliphatic heterocycles. The quantitative estimate of drug-likeness (QED) is 0.294. The number of aliphatic hydroxyl groups excluding tert-OH is 1. The lowest BCUT2D eigenvalue weighted by Gasteiger charge is -2.34. The fourth-order valence-electron chi connectivity index (χ4n) is 4.53. The smallest absolute Gasteiger partial charge is 0.382 e. The van der Waals surface area contributed by atoms with Crippen molar-refractivity contribution in [2.45, 2.75) is 37.7 Å². The van der Waals surface area contributed by atoms with Crippen molar-refractivity contribution in [3.05, 3.63) is 80.7 Å². The number of nitrogens with zero attached hydrogens (tertiary/aromatic N) is 7. The molecule has 240 valence electrons. The average Bonchev–Trinajstić information content (AvgIpc) is 3.56. The molecule has 0 spiro atoms. The second kappa shape index (κ2) is 12.5. The maximum atomic E-state index is 13.3. The monoisotopic (exact) mass is 679 g/mol. The highest BCUT2D eigenvalue weighted by Crippen LogP contribution is 2.29. The topological polar surface area (TPSA) is 120 Å². The minimum atomic E-state index is -5.02. The molecule has 2 aromatic carbocycles. The summed E-state index contributed by atoms with van der Waals surface area (Å²) in [4.78, 5) is 31.6. The second-order valence-electron chi connectivity index (χ2n) is 9.83. The van der Waals surface area contributed by atoms with E-state index in [9.17, 15) is 41.0 Å². The molecule has 1 saturated heterocycles. The second-order valence-corrected chi connectivity index (χ2v) is 10.7. The Kier molecular flexibility index (Phi) is 8.99. The van der Waals surface area contributed by atoms with E-state index in [0.29, 0.717) is 9.59 Å². The van der Waals surface area contributed by atoms with Crippen LogP contribution in [0.25, 0.3) is 17.1 Å². The van der Waals surface area contributed by atoms with Crippen LogP contribution in [0.5, 0.6) is 0 Å². The van der Waals surface area contributed by atoms with Crippen molar-refractivity contribution in [1.82, 2.24) is 34.0 Å². The summed E-state index contributed by atoms with van der Waals surface area (Å²) < 4.78 is 86.5. The number of hydrogen-bond acceptors (Lipinski definition) is 7. The van der Waals surface area contributed by atoms with Crippen molar-refractivity contribution >= 4 is 29.1 Å². The number of halogens is 8. The molecule has 0 saturated carbocycles. The number of aliphatic hydroxyl groups is 1. The van der Waals surface area contributed by atoms with Gasteiger partial charge in [0, 0.05) is 17.1 Å². The Labute approximate surface area is 259 Å². The zero-order valence-electron chi connectivity index (χ0n) is 22.6. The summed E-state index contributed by atoms with van der Waals surface area (Å²) in [5, 5.41) is 18.4. The van der Waals surface area contributed by atoms with Crippen LogP contribution in [0.1, 0.15) is 16.2 Å². The lowest BCUT2D eigenvalue weighted by molar-refractivity contribution is -0.233. The standard InChI is InChI=1S/C26H21Cl2F6N7O4/c27-15-6-4-14(5-7-15)22-37-40(24(44)39(22)10-18(42)25(29,30)31)12-20-35-13-41(36-20)21-16(2-1-3-17(21)28)23(43)38-8-9-45-19(11-38)26(32,33)34/h1-7,13,18-19,42H,8-12H2. The Morgan fingerprint density at radius 2 is 1.78 bits per heavy atom. The van der Waals surface area contributed by atoms with Gasteiger partial charge in [0.05, 0.1) is 36.0 Å². The molecule has 1 fully saturated rings. The molecule has 1 aliphatic rings. The zero-order valence-corrected chi connectivity index (χ0v) is 24.1. The normalized spacial score (nSPS) is 16.6. The molecule has 0 bridgehead atoms. The van der Waals surface area contributed by atoms with Crippen molar-refractivity contribution < 1.29 is 41.0 Å². The molecule has 2 unspecified atom stereocenters. The molecule has 3 heterocycles. The number of hydrogen-bond donors (Lipinski definition) is 1. The van der Waals surface area contributed by atoms with Crippen LogP contribution in [0.3, 0.4) is 0 Å². The van der Waals surface area contributed by atoms with Gasteiger partial charge < -0.3 is 14.7 Å². The van der Waals surface area contributed by atoms with Crippen molar-refractivity contribution in [2.75, 3.05) is 19.7 Å². The first-order chi connectivity index (χ1) is 21.1. The Morgan fingerprint density at radius 1 is 1.07 bits per heavy atom. The van der Waals surface area contributed by atoms with Crippen LogP contribution >= 0.6 is 23.2 Å². The fraction of sp³-hybridized carbons (Fsp3) is 0.346. The predicted molar refractivity (Wildman–Crippen MR) is 146 cm³/mol. The van der Waals surface area contributed by atoms with E-state index in [1.165, 1.54) is 42.5 Å². The molecule has 0 aliphatic carbocycles.